The maximum atomic E-state index is 11.3. The highest BCUT2D eigenvalue weighted by molar-refractivity contribution is 5.85. The Balaban J connectivity index is 0.00000112. The molecule has 0 aromatic heterocycles. The molecule has 0 amide bonds. The summed E-state index contributed by atoms with van der Waals surface area (Å²) in [5.74, 6) is -0.0219. The van der Waals surface area contributed by atoms with E-state index in [2.05, 4.69) is 5.32 Å². The molecule has 4 heteroatoms. The minimum atomic E-state index is -0.0902. The number of ether oxygens (including phenoxy) is 1. The molecular formula is C11H14ClNO2. The van der Waals surface area contributed by atoms with Crippen LogP contribution in [0.4, 0.5) is 0 Å². The number of hydrogen-bond donors (Lipinski definition) is 1. The Morgan fingerprint density at radius 1 is 1.33 bits per heavy atom. The lowest BCUT2D eigenvalue weighted by Gasteiger charge is -2.24. The van der Waals surface area contributed by atoms with Gasteiger partial charge < -0.3 is 10.1 Å². The molecule has 1 aromatic carbocycles. The number of hydrogen-bond acceptors (Lipinski definition) is 3. The lowest BCUT2D eigenvalue weighted by Crippen LogP contribution is -2.47. The summed E-state index contributed by atoms with van der Waals surface area (Å²) in [6, 6.07) is 9.72. The molecule has 0 atom stereocenters. The minimum Gasteiger partial charge on any atom is -0.461 e. The highest BCUT2D eigenvalue weighted by atomic mass is 35.5. The van der Waals surface area contributed by atoms with E-state index in [1.165, 1.54) is 0 Å². The molecular weight excluding hydrogens is 214 g/mol. The normalized spacial score (nSPS) is 14.9. The van der Waals surface area contributed by atoms with Gasteiger partial charge in [0, 0.05) is 13.1 Å². The first-order chi connectivity index (χ1) is 6.86. The predicted octanol–water partition coefficient (Wildman–Crippen LogP) is 1.37. The second kappa shape index (κ2) is 5.73. The molecule has 0 radical (unpaired) electrons. The Morgan fingerprint density at radius 3 is 2.53 bits per heavy atom. The molecule has 0 bridgehead atoms. The maximum absolute atomic E-state index is 11.3. The molecule has 1 aromatic rings. The standard InChI is InChI=1S/C11H13NO2.ClH/c13-11(10-6-12-7-10)14-8-9-4-2-1-3-5-9;/h1-5,10,12H,6-8H2;1H. The maximum Gasteiger partial charge on any atom is 0.311 e. The largest absolute Gasteiger partial charge is 0.461 e. The molecule has 1 fully saturated rings. The van der Waals surface area contributed by atoms with E-state index in [0.717, 1.165) is 18.7 Å². The van der Waals surface area contributed by atoms with Crippen LogP contribution in [0.25, 0.3) is 0 Å². The molecule has 82 valence electrons. The van der Waals surface area contributed by atoms with Crippen LogP contribution in [0, 0.1) is 5.92 Å². The first-order valence-corrected chi connectivity index (χ1v) is 4.77. The highest BCUT2D eigenvalue weighted by Crippen LogP contribution is 2.08. The van der Waals surface area contributed by atoms with Crippen molar-refractivity contribution < 1.29 is 9.53 Å². The van der Waals surface area contributed by atoms with Crippen LogP contribution in [-0.2, 0) is 16.1 Å². The first-order valence-electron chi connectivity index (χ1n) is 4.77. The molecule has 1 N–H and O–H groups in total. The molecule has 0 aliphatic carbocycles. The number of benzene rings is 1. The monoisotopic (exact) mass is 227 g/mol. The van der Waals surface area contributed by atoms with Crippen molar-refractivity contribution in [3.63, 3.8) is 0 Å². The summed E-state index contributed by atoms with van der Waals surface area (Å²) in [4.78, 5) is 11.3. The Hall–Kier alpha value is -1.06. The Kier molecular flexibility index (Phi) is 4.59. The van der Waals surface area contributed by atoms with E-state index in [9.17, 15) is 4.79 Å². The highest BCUT2D eigenvalue weighted by Gasteiger charge is 2.26. The van der Waals surface area contributed by atoms with Gasteiger partial charge >= 0.3 is 5.97 Å². The summed E-state index contributed by atoms with van der Waals surface area (Å²) in [6.45, 7) is 1.90. The number of esters is 1. The van der Waals surface area contributed by atoms with Gasteiger partial charge in [0.2, 0.25) is 0 Å². The zero-order valence-corrected chi connectivity index (χ0v) is 9.13. The third-order valence-electron chi connectivity index (χ3n) is 2.34. The molecule has 1 aliphatic heterocycles. The molecule has 1 saturated heterocycles. The number of halogens is 1. The van der Waals surface area contributed by atoms with Gasteiger partial charge in [0.15, 0.2) is 0 Å². The molecule has 15 heavy (non-hydrogen) atoms. The second-order valence-corrected chi connectivity index (χ2v) is 3.45. The number of carbonyl (C=O) groups is 1. The van der Waals surface area contributed by atoms with Gasteiger partial charge in [0.05, 0.1) is 5.92 Å². The zero-order valence-electron chi connectivity index (χ0n) is 8.31. The molecule has 0 unspecified atom stereocenters. The summed E-state index contributed by atoms with van der Waals surface area (Å²) < 4.78 is 5.15. The SMILES string of the molecule is Cl.O=C(OCc1ccccc1)C1CNC1. The van der Waals surface area contributed by atoms with Crippen molar-refractivity contribution in [1.82, 2.24) is 5.32 Å². The quantitative estimate of drug-likeness (QED) is 0.793. The fourth-order valence-electron chi connectivity index (χ4n) is 1.30. The van der Waals surface area contributed by atoms with Crippen LogP contribution >= 0.6 is 12.4 Å². The van der Waals surface area contributed by atoms with Crippen LogP contribution in [-0.4, -0.2) is 19.1 Å². The van der Waals surface area contributed by atoms with Crippen molar-refractivity contribution in [3.8, 4) is 0 Å². The summed E-state index contributed by atoms with van der Waals surface area (Å²) in [5, 5.41) is 3.04. The third-order valence-corrected chi connectivity index (χ3v) is 2.34. The lowest BCUT2D eigenvalue weighted by molar-refractivity contribution is -0.151. The number of carbonyl (C=O) groups excluding carboxylic acids is 1. The van der Waals surface area contributed by atoms with Crippen LogP contribution in [0.15, 0.2) is 30.3 Å². The Labute approximate surface area is 95.2 Å². The van der Waals surface area contributed by atoms with Gasteiger partial charge in [-0.25, -0.2) is 0 Å². The van der Waals surface area contributed by atoms with Crippen molar-refractivity contribution in [3.05, 3.63) is 35.9 Å². The van der Waals surface area contributed by atoms with Crippen molar-refractivity contribution in [2.75, 3.05) is 13.1 Å². The van der Waals surface area contributed by atoms with Gasteiger partial charge in [-0.1, -0.05) is 30.3 Å². The first kappa shape index (κ1) is 12.0. The topological polar surface area (TPSA) is 38.3 Å². The fraction of sp³-hybridized carbons (Fsp3) is 0.364. The predicted molar refractivity (Wildman–Crippen MR) is 59.8 cm³/mol. The molecule has 1 aliphatic rings. The van der Waals surface area contributed by atoms with Gasteiger partial charge in [0.25, 0.3) is 0 Å². The summed E-state index contributed by atoms with van der Waals surface area (Å²) in [6.07, 6.45) is 0. The molecule has 0 saturated carbocycles. The lowest BCUT2D eigenvalue weighted by atomic mass is 10.0. The van der Waals surface area contributed by atoms with E-state index < -0.39 is 0 Å². The Bertz CT molecular complexity index is 312. The van der Waals surface area contributed by atoms with E-state index in [1.807, 2.05) is 30.3 Å². The third kappa shape index (κ3) is 3.22. The van der Waals surface area contributed by atoms with E-state index in [-0.39, 0.29) is 24.3 Å². The molecule has 1 heterocycles. The average Bonchev–Trinajstić information content (AvgIpc) is 2.14. The van der Waals surface area contributed by atoms with Crippen LogP contribution in [0.1, 0.15) is 5.56 Å². The minimum absolute atomic E-state index is 0. The van der Waals surface area contributed by atoms with E-state index >= 15 is 0 Å². The molecule has 2 rings (SSSR count). The average molecular weight is 228 g/mol. The van der Waals surface area contributed by atoms with Crippen molar-refractivity contribution >= 4 is 18.4 Å². The van der Waals surface area contributed by atoms with E-state index in [4.69, 9.17) is 4.74 Å². The smallest absolute Gasteiger partial charge is 0.311 e. The fourth-order valence-corrected chi connectivity index (χ4v) is 1.30. The van der Waals surface area contributed by atoms with Crippen LogP contribution in [0.2, 0.25) is 0 Å². The molecule has 0 spiro atoms. The zero-order chi connectivity index (χ0) is 9.80. The van der Waals surface area contributed by atoms with Gasteiger partial charge in [-0.2, -0.15) is 0 Å². The summed E-state index contributed by atoms with van der Waals surface area (Å²) in [5.41, 5.74) is 1.04. The Morgan fingerprint density at radius 2 is 2.00 bits per heavy atom. The molecule has 3 nitrogen and oxygen atoms in total. The van der Waals surface area contributed by atoms with Crippen molar-refractivity contribution in [1.29, 1.82) is 0 Å². The van der Waals surface area contributed by atoms with Crippen LogP contribution in [0.3, 0.4) is 0 Å². The van der Waals surface area contributed by atoms with Crippen LogP contribution in [0.5, 0.6) is 0 Å². The van der Waals surface area contributed by atoms with E-state index in [1.54, 1.807) is 0 Å². The van der Waals surface area contributed by atoms with Gasteiger partial charge in [0.1, 0.15) is 6.61 Å². The van der Waals surface area contributed by atoms with Crippen molar-refractivity contribution in [2.45, 2.75) is 6.61 Å². The summed E-state index contributed by atoms with van der Waals surface area (Å²) in [7, 11) is 0. The number of nitrogens with one attached hydrogen (secondary N) is 1. The van der Waals surface area contributed by atoms with Crippen LogP contribution < -0.4 is 5.32 Å². The van der Waals surface area contributed by atoms with Gasteiger partial charge in [-0.3, -0.25) is 4.79 Å². The van der Waals surface area contributed by atoms with Gasteiger partial charge in [-0.15, -0.1) is 12.4 Å². The van der Waals surface area contributed by atoms with Crippen molar-refractivity contribution in [2.24, 2.45) is 5.92 Å². The summed E-state index contributed by atoms with van der Waals surface area (Å²) >= 11 is 0. The van der Waals surface area contributed by atoms with E-state index in [0.29, 0.717) is 6.61 Å². The van der Waals surface area contributed by atoms with Gasteiger partial charge in [-0.05, 0) is 5.56 Å². The second-order valence-electron chi connectivity index (χ2n) is 3.45. The number of rotatable bonds is 3.